The Morgan fingerprint density at radius 3 is 2.50 bits per heavy atom. The average Bonchev–Trinajstić information content (AvgIpc) is 2.29. The Hall–Kier alpha value is -1.86. The highest BCUT2D eigenvalue weighted by atomic mass is 19.4. The third-order valence-corrected chi connectivity index (χ3v) is 2.33. The first-order valence-electron chi connectivity index (χ1n) is 5.22. The van der Waals surface area contributed by atoms with Crippen LogP contribution in [0.4, 0.5) is 19.0 Å². The van der Waals surface area contributed by atoms with Gasteiger partial charge in [-0.2, -0.15) is 13.2 Å². The second-order valence-electron chi connectivity index (χ2n) is 3.63. The Balaban J connectivity index is 2.62. The average molecular weight is 263 g/mol. The minimum absolute atomic E-state index is 0.0892. The number of nitrogens with one attached hydrogen (secondary N) is 1. The highest BCUT2D eigenvalue weighted by molar-refractivity contribution is 5.70. The minimum atomic E-state index is -4.53. The molecular formula is C10H12F3N3O2. The molecule has 1 unspecified atom stereocenters. The summed E-state index contributed by atoms with van der Waals surface area (Å²) in [6.45, 7) is 1.80. The Kier molecular flexibility index (Phi) is 4.46. The lowest BCUT2D eigenvalue weighted by molar-refractivity contribution is -0.142. The first-order valence-corrected chi connectivity index (χ1v) is 5.22. The van der Waals surface area contributed by atoms with Crippen molar-refractivity contribution in [3.63, 3.8) is 0 Å². The molecule has 0 aromatic carbocycles. The third-order valence-electron chi connectivity index (χ3n) is 2.33. The molecule has 1 aromatic rings. The number of alkyl halides is 3. The first kappa shape index (κ1) is 14.2. The lowest BCUT2D eigenvalue weighted by Gasteiger charge is -2.11. The molecular weight excluding hydrogens is 251 g/mol. The van der Waals surface area contributed by atoms with E-state index >= 15 is 0 Å². The Bertz CT molecular complexity index is 406. The molecule has 1 atom stereocenters. The number of carboxylic acid groups (broad SMARTS) is 1. The molecule has 8 heteroatoms. The largest absolute Gasteiger partial charge is 0.481 e. The molecule has 0 saturated carbocycles. The maximum absolute atomic E-state index is 12.2. The van der Waals surface area contributed by atoms with E-state index < -0.39 is 23.8 Å². The number of nitrogens with zero attached hydrogens (tertiary/aromatic N) is 2. The van der Waals surface area contributed by atoms with Crippen LogP contribution in [0.25, 0.3) is 0 Å². The summed E-state index contributed by atoms with van der Waals surface area (Å²) in [6.07, 6.45) is -4.12. The number of anilines is 1. The van der Waals surface area contributed by atoms with E-state index in [9.17, 15) is 18.0 Å². The van der Waals surface area contributed by atoms with Crippen LogP contribution in [0.1, 0.15) is 19.0 Å². The molecule has 100 valence electrons. The van der Waals surface area contributed by atoms with Gasteiger partial charge in [-0.25, -0.2) is 0 Å². The van der Waals surface area contributed by atoms with Crippen LogP contribution in [0.3, 0.4) is 0 Å². The number of aromatic nitrogens is 2. The second-order valence-corrected chi connectivity index (χ2v) is 3.63. The lowest BCUT2D eigenvalue weighted by Crippen LogP contribution is -2.22. The zero-order valence-corrected chi connectivity index (χ0v) is 9.53. The van der Waals surface area contributed by atoms with Crippen LogP contribution in [0.2, 0.25) is 0 Å². The molecule has 0 radical (unpaired) electrons. The molecule has 1 rings (SSSR count). The summed E-state index contributed by atoms with van der Waals surface area (Å²) in [5.41, 5.74) is -1.08. The standard InChI is InChI=1S/C10H12F3N3O2/c1-2-6(9(17)18)5-14-8-4-3-7(15-16-8)10(11,12)13/h3-4,6H,2,5H2,1H3,(H,14,16)(H,17,18). The number of halogens is 3. The van der Waals surface area contributed by atoms with Crippen molar-refractivity contribution in [2.75, 3.05) is 11.9 Å². The van der Waals surface area contributed by atoms with Gasteiger partial charge < -0.3 is 10.4 Å². The van der Waals surface area contributed by atoms with Crippen LogP contribution in [-0.2, 0) is 11.0 Å². The number of carbonyl (C=O) groups is 1. The third kappa shape index (κ3) is 3.86. The van der Waals surface area contributed by atoms with Crippen molar-refractivity contribution in [1.82, 2.24) is 10.2 Å². The van der Waals surface area contributed by atoms with E-state index in [0.717, 1.165) is 12.1 Å². The van der Waals surface area contributed by atoms with Gasteiger partial charge in [-0.05, 0) is 18.6 Å². The van der Waals surface area contributed by atoms with Gasteiger partial charge in [0.05, 0.1) is 5.92 Å². The molecule has 0 aliphatic heterocycles. The molecule has 0 bridgehead atoms. The monoisotopic (exact) mass is 263 g/mol. The normalized spacial score (nSPS) is 13.1. The minimum Gasteiger partial charge on any atom is -0.481 e. The van der Waals surface area contributed by atoms with Gasteiger partial charge in [0.15, 0.2) is 5.69 Å². The van der Waals surface area contributed by atoms with E-state index in [0.29, 0.717) is 6.42 Å². The van der Waals surface area contributed by atoms with Gasteiger partial charge in [-0.1, -0.05) is 6.92 Å². The Morgan fingerprint density at radius 1 is 1.44 bits per heavy atom. The molecule has 0 aliphatic rings. The molecule has 0 spiro atoms. The summed E-state index contributed by atoms with van der Waals surface area (Å²) in [5.74, 6) is -1.47. The first-order chi connectivity index (χ1) is 8.34. The van der Waals surface area contributed by atoms with Crippen molar-refractivity contribution in [3.8, 4) is 0 Å². The van der Waals surface area contributed by atoms with Crippen molar-refractivity contribution < 1.29 is 23.1 Å². The molecule has 5 nitrogen and oxygen atoms in total. The predicted molar refractivity (Wildman–Crippen MR) is 56.9 cm³/mol. The lowest BCUT2D eigenvalue weighted by atomic mass is 10.1. The molecule has 0 fully saturated rings. The molecule has 1 heterocycles. The summed E-state index contributed by atoms with van der Waals surface area (Å²) in [5, 5.41) is 17.8. The highest BCUT2D eigenvalue weighted by Crippen LogP contribution is 2.27. The maximum atomic E-state index is 12.2. The quantitative estimate of drug-likeness (QED) is 0.850. The van der Waals surface area contributed by atoms with E-state index in [4.69, 9.17) is 5.11 Å². The zero-order chi connectivity index (χ0) is 13.8. The smallest absolute Gasteiger partial charge is 0.435 e. The fourth-order valence-corrected chi connectivity index (χ4v) is 1.21. The highest BCUT2D eigenvalue weighted by Gasteiger charge is 2.32. The van der Waals surface area contributed by atoms with Gasteiger partial charge in [0, 0.05) is 6.54 Å². The number of carboxylic acids is 1. The van der Waals surface area contributed by atoms with Crippen LogP contribution in [0, 0.1) is 5.92 Å². The molecule has 2 N–H and O–H groups in total. The fraction of sp³-hybridized carbons (Fsp3) is 0.500. The van der Waals surface area contributed by atoms with Crippen molar-refractivity contribution in [2.24, 2.45) is 5.92 Å². The summed E-state index contributed by atoms with van der Waals surface area (Å²) >= 11 is 0. The predicted octanol–water partition coefficient (Wildman–Crippen LogP) is 2.02. The number of hydrogen-bond acceptors (Lipinski definition) is 4. The molecule has 0 saturated heterocycles. The van der Waals surface area contributed by atoms with Gasteiger partial charge in [0.1, 0.15) is 5.82 Å². The van der Waals surface area contributed by atoms with Crippen LogP contribution in [0.5, 0.6) is 0 Å². The van der Waals surface area contributed by atoms with Gasteiger partial charge >= 0.3 is 12.1 Å². The second kappa shape index (κ2) is 5.65. The van der Waals surface area contributed by atoms with Crippen molar-refractivity contribution in [2.45, 2.75) is 19.5 Å². The summed E-state index contributed by atoms with van der Waals surface area (Å²) in [6, 6.07) is 1.90. The van der Waals surface area contributed by atoms with E-state index in [1.165, 1.54) is 0 Å². The van der Waals surface area contributed by atoms with E-state index in [-0.39, 0.29) is 12.4 Å². The fourth-order valence-electron chi connectivity index (χ4n) is 1.21. The van der Waals surface area contributed by atoms with Crippen LogP contribution in [-0.4, -0.2) is 27.8 Å². The maximum Gasteiger partial charge on any atom is 0.435 e. The van der Waals surface area contributed by atoms with Crippen molar-refractivity contribution in [1.29, 1.82) is 0 Å². The van der Waals surface area contributed by atoms with Gasteiger partial charge in [-0.15, -0.1) is 10.2 Å². The van der Waals surface area contributed by atoms with E-state index in [1.807, 2.05) is 0 Å². The van der Waals surface area contributed by atoms with Crippen LogP contribution < -0.4 is 5.32 Å². The number of aliphatic carboxylic acids is 1. The summed E-state index contributed by atoms with van der Waals surface area (Å²) in [4.78, 5) is 10.7. The van der Waals surface area contributed by atoms with E-state index in [2.05, 4.69) is 15.5 Å². The molecule has 18 heavy (non-hydrogen) atoms. The molecule has 0 amide bonds. The van der Waals surface area contributed by atoms with Crippen LogP contribution in [0.15, 0.2) is 12.1 Å². The summed E-state index contributed by atoms with van der Waals surface area (Å²) in [7, 11) is 0. The van der Waals surface area contributed by atoms with Gasteiger partial charge in [-0.3, -0.25) is 4.79 Å². The Labute approximate surface area is 101 Å². The van der Waals surface area contributed by atoms with Gasteiger partial charge in [0.2, 0.25) is 0 Å². The van der Waals surface area contributed by atoms with Crippen molar-refractivity contribution in [3.05, 3.63) is 17.8 Å². The molecule has 0 aliphatic carbocycles. The topological polar surface area (TPSA) is 75.1 Å². The summed E-state index contributed by atoms with van der Waals surface area (Å²) < 4.78 is 36.6. The zero-order valence-electron chi connectivity index (χ0n) is 9.53. The van der Waals surface area contributed by atoms with Crippen LogP contribution >= 0.6 is 0 Å². The number of rotatable bonds is 5. The SMILES string of the molecule is CCC(CNc1ccc(C(F)(F)F)nn1)C(=O)O. The van der Waals surface area contributed by atoms with E-state index in [1.54, 1.807) is 6.92 Å². The number of hydrogen-bond donors (Lipinski definition) is 2. The molecule has 1 aromatic heterocycles. The van der Waals surface area contributed by atoms with Crippen molar-refractivity contribution >= 4 is 11.8 Å². The van der Waals surface area contributed by atoms with Gasteiger partial charge in [0.25, 0.3) is 0 Å². The Morgan fingerprint density at radius 2 is 2.11 bits per heavy atom.